The molecule has 3 rings (SSSR count). The van der Waals surface area contributed by atoms with Crippen LogP contribution >= 0.6 is 11.6 Å². The summed E-state index contributed by atoms with van der Waals surface area (Å²) in [5.41, 5.74) is 0.732. The van der Waals surface area contributed by atoms with E-state index in [0.29, 0.717) is 0 Å². The van der Waals surface area contributed by atoms with Gasteiger partial charge in [0, 0.05) is 24.0 Å². The van der Waals surface area contributed by atoms with Crippen molar-refractivity contribution < 1.29 is 13.6 Å². The van der Waals surface area contributed by atoms with Crippen LogP contribution in [-0.2, 0) is 10.5 Å². The highest BCUT2D eigenvalue weighted by Crippen LogP contribution is 2.42. The van der Waals surface area contributed by atoms with Crippen LogP contribution in [0.15, 0.2) is 36.5 Å². The summed E-state index contributed by atoms with van der Waals surface area (Å²) in [7, 11) is 18.0. The molecule has 4 nitrogen and oxygen atoms in total. The van der Waals surface area contributed by atoms with E-state index in [1.54, 1.807) is 4.90 Å². The summed E-state index contributed by atoms with van der Waals surface area (Å²) in [5, 5.41) is 1.20. The van der Waals surface area contributed by atoms with Crippen molar-refractivity contribution in [2.45, 2.75) is 39.6 Å². The smallest absolute Gasteiger partial charge is 0.252 e. The van der Waals surface area contributed by atoms with Gasteiger partial charge in [0.2, 0.25) is 0 Å². The normalized spacial score (nSPS) is 19.0. The Morgan fingerprint density at radius 2 is 1.64 bits per heavy atom. The van der Waals surface area contributed by atoms with Gasteiger partial charge in [-0.3, -0.25) is 9.78 Å². The SMILES string of the molecule is BC(B)(B)c1ccc(C(B)(B)NCC2(F)CC(B)(B)N(C(=O)c3ccc(F)c(Cl)c3)C(B)(B)C2)nc1. The standard InChI is InChI=1S/C20H31B9ClF2N3O/c21-17(22)7-16(32,9-34-20(28,29)14-4-2-11(6-33-14)19(25,26)27)8-18(23,24)35(17)15(36)10-1-3-13(31)12(30)5-10/h1-6,34H,7-9,21-29H2. The fraction of sp³-hybridized carbons (Fsp3) is 0.400. The van der Waals surface area contributed by atoms with Gasteiger partial charge in [0.05, 0.1) is 28.6 Å². The van der Waals surface area contributed by atoms with E-state index in [-0.39, 0.29) is 41.0 Å². The lowest BCUT2D eigenvalue weighted by molar-refractivity contribution is 0.00396. The third-order valence-electron chi connectivity index (χ3n) is 7.20. The van der Waals surface area contributed by atoms with Gasteiger partial charge in [-0.2, -0.15) is 0 Å². The number of nitrogens with one attached hydrogen (secondary N) is 1. The van der Waals surface area contributed by atoms with Gasteiger partial charge in [-0.1, -0.05) is 22.8 Å². The Balaban J connectivity index is 1.80. The maximum absolute atomic E-state index is 16.5. The van der Waals surface area contributed by atoms with Gasteiger partial charge in [0.1, 0.15) is 58.6 Å². The molecule has 180 valence electrons. The van der Waals surface area contributed by atoms with Gasteiger partial charge >= 0.3 is 0 Å². The molecule has 2 heterocycles. The van der Waals surface area contributed by atoms with Crippen LogP contribution in [0.1, 0.15) is 34.5 Å². The zero-order chi connectivity index (χ0) is 27.3. The number of benzene rings is 1. The molecule has 16 heteroatoms. The maximum Gasteiger partial charge on any atom is 0.252 e. The van der Waals surface area contributed by atoms with Gasteiger partial charge in [0.15, 0.2) is 0 Å². The van der Waals surface area contributed by atoms with Gasteiger partial charge in [-0.05, 0) is 58.7 Å². The molecule has 1 aromatic carbocycles. The lowest BCUT2D eigenvalue weighted by atomic mass is 9.40. The monoisotopic (exact) mass is 501 g/mol. The van der Waals surface area contributed by atoms with E-state index in [9.17, 15) is 9.18 Å². The van der Waals surface area contributed by atoms with Crippen molar-refractivity contribution in [3.05, 3.63) is 64.2 Å². The summed E-state index contributed by atoms with van der Waals surface area (Å²) in [6, 6.07) is 8.03. The van der Waals surface area contributed by atoms with Crippen molar-refractivity contribution in [3.63, 3.8) is 0 Å². The largest absolute Gasteiger partial charge is 0.359 e. The number of carbonyl (C=O) groups excluding carboxylic acids is 1. The molecule has 0 aliphatic carbocycles. The summed E-state index contributed by atoms with van der Waals surface area (Å²) in [6.45, 7) is 0.125. The predicted octanol–water partition coefficient (Wildman–Crippen LogP) is -5.67. The number of nitrogens with zero attached hydrogens (tertiary/aromatic N) is 2. The van der Waals surface area contributed by atoms with Crippen LogP contribution in [0.3, 0.4) is 0 Å². The molecular weight excluding hydrogens is 469 g/mol. The van der Waals surface area contributed by atoms with Crippen LogP contribution in [-0.4, -0.2) is 109 Å². The number of hydrogen-bond donors (Lipinski definition) is 1. The molecule has 1 saturated heterocycles. The number of likely N-dealkylation sites (tertiary alicyclic amines) is 1. The molecule has 1 amide bonds. The molecule has 0 bridgehead atoms. The fourth-order valence-corrected chi connectivity index (χ4v) is 5.88. The fourth-order valence-electron chi connectivity index (χ4n) is 5.70. The van der Waals surface area contributed by atoms with Crippen molar-refractivity contribution >= 4 is 88.1 Å². The molecule has 36 heavy (non-hydrogen) atoms. The number of amides is 1. The number of aromatic nitrogens is 1. The first-order valence-corrected chi connectivity index (χ1v) is 12.9. The molecule has 0 saturated carbocycles. The molecule has 0 atom stereocenters. The van der Waals surface area contributed by atoms with E-state index in [1.165, 1.54) is 18.2 Å². The summed E-state index contributed by atoms with van der Waals surface area (Å²) in [5.74, 6) is -0.866. The van der Waals surface area contributed by atoms with Crippen LogP contribution < -0.4 is 5.32 Å². The van der Waals surface area contributed by atoms with Crippen LogP contribution in [0.2, 0.25) is 5.02 Å². The number of halogens is 3. The summed E-state index contributed by atoms with van der Waals surface area (Å²) in [6.07, 6.45) is 2.20. The number of carbonyl (C=O) groups is 1. The second-order valence-corrected chi connectivity index (χ2v) is 13.5. The zero-order valence-corrected chi connectivity index (χ0v) is 23.8. The van der Waals surface area contributed by atoms with E-state index in [0.717, 1.165) is 11.3 Å². The van der Waals surface area contributed by atoms with E-state index in [1.807, 2.05) is 59.3 Å². The highest BCUT2D eigenvalue weighted by molar-refractivity contribution is 6.58. The molecule has 0 radical (unpaired) electrons. The lowest BCUT2D eigenvalue weighted by Gasteiger charge is -2.58. The predicted molar refractivity (Wildman–Crippen MR) is 169 cm³/mol. The van der Waals surface area contributed by atoms with Crippen molar-refractivity contribution in [1.29, 1.82) is 0 Å². The second-order valence-electron chi connectivity index (χ2n) is 13.1. The van der Waals surface area contributed by atoms with Gasteiger partial charge < -0.3 is 10.2 Å². The van der Waals surface area contributed by atoms with Crippen LogP contribution in [0.5, 0.6) is 0 Å². The van der Waals surface area contributed by atoms with E-state index >= 15 is 4.39 Å². The van der Waals surface area contributed by atoms with Crippen LogP contribution in [0.25, 0.3) is 0 Å². The molecule has 1 N–H and O–H groups in total. The zero-order valence-electron chi connectivity index (χ0n) is 23.0. The number of alkyl halides is 1. The first-order valence-electron chi connectivity index (χ1n) is 12.5. The van der Waals surface area contributed by atoms with Gasteiger partial charge in [-0.25, -0.2) is 8.78 Å². The Morgan fingerprint density at radius 3 is 2.11 bits per heavy atom. The number of hydrogen-bond acceptors (Lipinski definition) is 3. The lowest BCUT2D eigenvalue weighted by Crippen LogP contribution is -2.73. The van der Waals surface area contributed by atoms with E-state index < -0.39 is 27.5 Å². The Hall–Kier alpha value is -1.47. The Morgan fingerprint density at radius 1 is 1.06 bits per heavy atom. The average molecular weight is 500 g/mol. The second kappa shape index (κ2) is 9.69. The summed E-state index contributed by atoms with van der Waals surface area (Å²) < 4.78 is 30.2. The number of piperidine rings is 1. The minimum atomic E-state index is -1.55. The molecule has 1 aliphatic rings. The van der Waals surface area contributed by atoms with Crippen molar-refractivity contribution in [2.24, 2.45) is 0 Å². The van der Waals surface area contributed by atoms with Crippen LogP contribution in [0, 0.1) is 5.82 Å². The minimum Gasteiger partial charge on any atom is -0.359 e. The van der Waals surface area contributed by atoms with Crippen LogP contribution in [0.4, 0.5) is 8.78 Å². The first-order chi connectivity index (χ1) is 16.3. The topological polar surface area (TPSA) is 45.2 Å². The highest BCUT2D eigenvalue weighted by atomic mass is 35.5. The Kier molecular flexibility index (Phi) is 7.83. The number of rotatable bonds is 6. The summed E-state index contributed by atoms with van der Waals surface area (Å²) in [4.78, 5) is 19.9. The molecule has 2 aromatic rings. The molecule has 1 aliphatic heterocycles. The third kappa shape index (κ3) is 6.15. The maximum atomic E-state index is 16.5. The van der Waals surface area contributed by atoms with Gasteiger partial charge in [-0.15, -0.1) is 0 Å². The summed E-state index contributed by atoms with van der Waals surface area (Å²) >= 11 is 5.93. The van der Waals surface area contributed by atoms with E-state index in [2.05, 4.69) is 39.9 Å². The Labute approximate surface area is 226 Å². The number of pyridine rings is 1. The average Bonchev–Trinajstić information content (AvgIpc) is 2.72. The molecule has 1 aromatic heterocycles. The molecule has 0 unspecified atom stereocenters. The van der Waals surface area contributed by atoms with Crippen molar-refractivity contribution in [1.82, 2.24) is 15.2 Å². The van der Waals surface area contributed by atoms with Crippen molar-refractivity contribution in [2.75, 3.05) is 6.54 Å². The minimum absolute atomic E-state index is 0.00785. The van der Waals surface area contributed by atoms with Gasteiger partial charge in [0.25, 0.3) is 5.91 Å². The first kappa shape index (κ1) is 29.1. The molecule has 0 spiro atoms. The van der Waals surface area contributed by atoms with Crippen molar-refractivity contribution in [3.8, 4) is 0 Å². The molecule has 1 fully saturated rings. The quantitative estimate of drug-likeness (QED) is 0.403. The Bertz CT molecular complexity index is 1130. The highest BCUT2D eigenvalue weighted by Gasteiger charge is 2.54. The molecular formula is C20H31B9ClF2N3O. The third-order valence-corrected chi connectivity index (χ3v) is 7.49. The van der Waals surface area contributed by atoms with E-state index in [4.69, 9.17) is 11.6 Å².